The second kappa shape index (κ2) is 8.87. The smallest absolute Gasteiger partial charge is 0.335 e. The maximum Gasteiger partial charge on any atom is 0.335 e. The lowest BCUT2D eigenvalue weighted by Crippen LogP contribution is -2.13. The van der Waals surface area contributed by atoms with Gasteiger partial charge in [0.1, 0.15) is 5.75 Å². The lowest BCUT2D eigenvalue weighted by molar-refractivity contribution is -0.116. The first-order chi connectivity index (χ1) is 12.0. The van der Waals surface area contributed by atoms with Crippen LogP contribution in [0.15, 0.2) is 48.5 Å². The number of carboxylic acid groups (broad SMARTS) is 1. The van der Waals surface area contributed by atoms with Crippen LogP contribution in [0.3, 0.4) is 0 Å². The van der Waals surface area contributed by atoms with Crippen molar-refractivity contribution in [2.45, 2.75) is 32.6 Å². The maximum absolute atomic E-state index is 11.9. The van der Waals surface area contributed by atoms with E-state index in [0.717, 1.165) is 5.75 Å². The molecule has 5 nitrogen and oxygen atoms in total. The third kappa shape index (κ3) is 5.95. The molecule has 0 saturated heterocycles. The highest BCUT2D eigenvalue weighted by Gasteiger charge is 2.06. The molecule has 0 bridgehead atoms. The summed E-state index contributed by atoms with van der Waals surface area (Å²) in [6, 6.07) is 14.1. The Hall–Kier alpha value is -2.82. The number of hydrogen-bond acceptors (Lipinski definition) is 3. The Morgan fingerprint density at radius 2 is 1.84 bits per heavy atom. The predicted octanol–water partition coefficient (Wildman–Crippen LogP) is 4.31. The topological polar surface area (TPSA) is 75.6 Å². The van der Waals surface area contributed by atoms with Gasteiger partial charge in [-0.15, -0.1) is 0 Å². The number of carboxylic acids is 1. The zero-order chi connectivity index (χ0) is 18.2. The van der Waals surface area contributed by atoms with Crippen molar-refractivity contribution in [3.8, 4) is 5.75 Å². The number of carbonyl (C=O) groups is 2. The summed E-state index contributed by atoms with van der Waals surface area (Å²) in [4.78, 5) is 22.8. The Labute approximate surface area is 147 Å². The van der Waals surface area contributed by atoms with E-state index in [4.69, 9.17) is 9.84 Å². The van der Waals surface area contributed by atoms with Crippen LogP contribution in [0.2, 0.25) is 0 Å². The summed E-state index contributed by atoms with van der Waals surface area (Å²) >= 11 is 0. The molecule has 1 amide bonds. The average Bonchev–Trinajstić information content (AvgIpc) is 2.59. The molecule has 0 aliphatic rings. The van der Waals surface area contributed by atoms with Gasteiger partial charge in [0.05, 0.1) is 12.2 Å². The molecule has 0 spiro atoms. The fourth-order valence-corrected chi connectivity index (χ4v) is 2.33. The molecule has 0 aliphatic heterocycles. The second-order valence-corrected chi connectivity index (χ2v) is 6.11. The largest absolute Gasteiger partial charge is 0.494 e. The molecule has 0 fully saturated rings. The molecule has 0 radical (unpaired) electrons. The highest BCUT2D eigenvalue weighted by molar-refractivity contribution is 5.93. The average molecular weight is 341 g/mol. The van der Waals surface area contributed by atoms with Crippen LogP contribution in [-0.2, 0) is 4.79 Å². The van der Waals surface area contributed by atoms with Gasteiger partial charge in [0.25, 0.3) is 0 Å². The number of ether oxygens (including phenoxy) is 1. The summed E-state index contributed by atoms with van der Waals surface area (Å²) in [5.41, 5.74) is 1.89. The van der Waals surface area contributed by atoms with Gasteiger partial charge in [-0.2, -0.15) is 0 Å². The van der Waals surface area contributed by atoms with Crippen LogP contribution in [-0.4, -0.2) is 23.6 Å². The Kier molecular flexibility index (Phi) is 6.57. The van der Waals surface area contributed by atoms with Crippen LogP contribution < -0.4 is 10.1 Å². The SMILES string of the molecule is CC(C)c1ccc(OCCCC(=O)Nc2cccc(C(=O)O)c2)cc1. The molecule has 0 aliphatic carbocycles. The van der Waals surface area contributed by atoms with Crippen molar-refractivity contribution in [1.29, 1.82) is 0 Å². The zero-order valence-corrected chi connectivity index (χ0v) is 14.5. The van der Waals surface area contributed by atoms with E-state index in [1.54, 1.807) is 12.1 Å². The van der Waals surface area contributed by atoms with Crippen molar-refractivity contribution in [2.24, 2.45) is 0 Å². The normalized spacial score (nSPS) is 10.5. The zero-order valence-electron chi connectivity index (χ0n) is 14.5. The van der Waals surface area contributed by atoms with Gasteiger partial charge in [-0.25, -0.2) is 4.79 Å². The summed E-state index contributed by atoms with van der Waals surface area (Å²) in [6.07, 6.45) is 0.887. The van der Waals surface area contributed by atoms with Crippen LogP contribution in [0.25, 0.3) is 0 Å². The van der Waals surface area contributed by atoms with E-state index >= 15 is 0 Å². The fraction of sp³-hybridized carbons (Fsp3) is 0.300. The quantitative estimate of drug-likeness (QED) is 0.702. The van der Waals surface area contributed by atoms with E-state index in [1.807, 2.05) is 24.3 Å². The van der Waals surface area contributed by atoms with E-state index in [0.29, 0.717) is 31.1 Å². The summed E-state index contributed by atoms with van der Waals surface area (Å²) in [6.45, 7) is 4.73. The number of nitrogens with one attached hydrogen (secondary N) is 1. The van der Waals surface area contributed by atoms with Gasteiger partial charge in [-0.1, -0.05) is 32.0 Å². The molecule has 2 rings (SSSR count). The number of benzene rings is 2. The molecule has 25 heavy (non-hydrogen) atoms. The standard InChI is InChI=1S/C20H23NO4/c1-14(2)15-8-10-18(11-9-15)25-12-4-7-19(22)21-17-6-3-5-16(13-17)20(23)24/h3,5-6,8-11,13-14H,4,7,12H2,1-2H3,(H,21,22)(H,23,24). The van der Waals surface area contributed by atoms with Crippen LogP contribution in [0, 0.1) is 0 Å². The van der Waals surface area contributed by atoms with Gasteiger partial charge in [0.15, 0.2) is 0 Å². The van der Waals surface area contributed by atoms with Crippen LogP contribution in [0.1, 0.15) is 48.5 Å². The Balaban J connectivity index is 1.73. The van der Waals surface area contributed by atoms with E-state index in [1.165, 1.54) is 17.7 Å². The van der Waals surface area contributed by atoms with E-state index in [-0.39, 0.29) is 11.5 Å². The number of anilines is 1. The molecule has 0 aromatic heterocycles. The van der Waals surface area contributed by atoms with Crippen molar-refractivity contribution in [2.75, 3.05) is 11.9 Å². The molecule has 0 atom stereocenters. The Morgan fingerprint density at radius 3 is 2.48 bits per heavy atom. The second-order valence-electron chi connectivity index (χ2n) is 6.11. The van der Waals surface area contributed by atoms with Crippen LogP contribution in [0.5, 0.6) is 5.75 Å². The number of carbonyl (C=O) groups excluding carboxylic acids is 1. The van der Waals surface area contributed by atoms with E-state index in [2.05, 4.69) is 19.2 Å². The molecule has 2 aromatic carbocycles. The minimum absolute atomic E-state index is 0.144. The molecular formula is C20H23NO4. The van der Waals surface area contributed by atoms with Crippen molar-refractivity contribution in [3.05, 3.63) is 59.7 Å². The van der Waals surface area contributed by atoms with E-state index < -0.39 is 5.97 Å². The van der Waals surface area contributed by atoms with Gasteiger partial charge in [0, 0.05) is 12.1 Å². The summed E-state index contributed by atoms with van der Waals surface area (Å²) in [5, 5.41) is 11.6. The number of rotatable bonds is 8. The molecule has 2 aromatic rings. The minimum Gasteiger partial charge on any atom is -0.494 e. The van der Waals surface area contributed by atoms with Crippen molar-refractivity contribution in [3.63, 3.8) is 0 Å². The third-order valence-corrected chi connectivity index (χ3v) is 3.76. The monoisotopic (exact) mass is 341 g/mol. The highest BCUT2D eigenvalue weighted by Crippen LogP contribution is 2.18. The number of aromatic carboxylic acids is 1. The van der Waals surface area contributed by atoms with Crippen molar-refractivity contribution < 1.29 is 19.4 Å². The first kappa shape index (κ1) is 18.5. The van der Waals surface area contributed by atoms with Crippen LogP contribution >= 0.6 is 0 Å². The maximum atomic E-state index is 11.9. The molecule has 2 N–H and O–H groups in total. The minimum atomic E-state index is -1.02. The Bertz CT molecular complexity index is 723. The van der Waals surface area contributed by atoms with Crippen molar-refractivity contribution >= 4 is 17.6 Å². The molecular weight excluding hydrogens is 318 g/mol. The summed E-state index contributed by atoms with van der Waals surface area (Å²) in [5.74, 6) is 0.0885. The fourth-order valence-electron chi connectivity index (χ4n) is 2.33. The van der Waals surface area contributed by atoms with Crippen LogP contribution in [0.4, 0.5) is 5.69 Å². The Morgan fingerprint density at radius 1 is 1.12 bits per heavy atom. The number of amides is 1. The molecule has 0 unspecified atom stereocenters. The molecule has 0 saturated carbocycles. The molecule has 132 valence electrons. The first-order valence-corrected chi connectivity index (χ1v) is 8.31. The number of hydrogen-bond donors (Lipinski definition) is 2. The van der Waals surface area contributed by atoms with Gasteiger partial charge < -0.3 is 15.2 Å². The lowest BCUT2D eigenvalue weighted by Gasteiger charge is -2.09. The van der Waals surface area contributed by atoms with Gasteiger partial charge in [-0.3, -0.25) is 4.79 Å². The molecule has 0 heterocycles. The van der Waals surface area contributed by atoms with Gasteiger partial charge >= 0.3 is 5.97 Å². The highest BCUT2D eigenvalue weighted by atomic mass is 16.5. The summed E-state index contributed by atoms with van der Waals surface area (Å²) < 4.78 is 5.63. The van der Waals surface area contributed by atoms with E-state index in [9.17, 15) is 9.59 Å². The van der Waals surface area contributed by atoms with Gasteiger partial charge in [-0.05, 0) is 48.2 Å². The predicted molar refractivity (Wildman–Crippen MR) is 97.3 cm³/mol. The van der Waals surface area contributed by atoms with Gasteiger partial charge in [0.2, 0.25) is 5.91 Å². The summed E-state index contributed by atoms with van der Waals surface area (Å²) in [7, 11) is 0. The first-order valence-electron chi connectivity index (χ1n) is 8.31. The molecule has 5 heteroatoms. The van der Waals surface area contributed by atoms with Crippen molar-refractivity contribution in [1.82, 2.24) is 0 Å². The third-order valence-electron chi connectivity index (χ3n) is 3.76. The lowest BCUT2D eigenvalue weighted by atomic mass is 10.0.